The molecule has 114 valence electrons. The maximum atomic E-state index is 10.4. The van der Waals surface area contributed by atoms with E-state index in [2.05, 4.69) is 25.1 Å². The second kappa shape index (κ2) is 4.74. The Kier molecular flexibility index (Phi) is 3.08. The number of ether oxygens (including phenoxy) is 1. The molecule has 1 N–H and O–H groups in total. The van der Waals surface area contributed by atoms with Gasteiger partial charge in [0.05, 0.1) is 13.2 Å². The second-order valence-corrected chi connectivity index (χ2v) is 7.62. The van der Waals surface area contributed by atoms with Crippen LogP contribution in [0.15, 0.2) is 18.2 Å². The van der Waals surface area contributed by atoms with E-state index in [1.54, 1.807) is 12.7 Å². The summed E-state index contributed by atoms with van der Waals surface area (Å²) in [5.74, 6) is 3.20. The summed E-state index contributed by atoms with van der Waals surface area (Å²) < 4.78 is 5.38. The lowest BCUT2D eigenvalue weighted by Gasteiger charge is -2.50. The first-order valence-electron chi connectivity index (χ1n) is 8.48. The third-order valence-electron chi connectivity index (χ3n) is 6.88. The van der Waals surface area contributed by atoms with Crippen LogP contribution in [0.1, 0.15) is 56.1 Å². The topological polar surface area (TPSA) is 29.5 Å². The van der Waals surface area contributed by atoms with Crippen LogP contribution in [0.2, 0.25) is 0 Å². The van der Waals surface area contributed by atoms with Gasteiger partial charge in [0.15, 0.2) is 0 Å². The average Bonchev–Trinajstić information content (AvgIpc) is 2.82. The van der Waals surface area contributed by atoms with E-state index in [0.29, 0.717) is 5.92 Å². The van der Waals surface area contributed by atoms with E-state index in [0.717, 1.165) is 24.0 Å². The van der Waals surface area contributed by atoms with Gasteiger partial charge in [0.2, 0.25) is 0 Å². The third-order valence-corrected chi connectivity index (χ3v) is 6.88. The molecule has 3 aliphatic carbocycles. The molecule has 2 nitrogen and oxygen atoms in total. The van der Waals surface area contributed by atoms with E-state index in [-0.39, 0.29) is 11.5 Å². The summed E-state index contributed by atoms with van der Waals surface area (Å²) in [7, 11) is 1.75. The second-order valence-electron chi connectivity index (χ2n) is 7.62. The largest absolute Gasteiger partial charge is 0.497 e. The number of rotatable bonds is 1. The smallest absolute Gasteiger partial charge is 0.119 e. The third kappa shape index (κ3) is 1.88. The summed E-state index contributed by atoms with van der Waals surface area (Å²) >= 11 is 0. The Morgan fingerprint density at radius 3 is 2.86 bits per heavy atom. The van der Waals surface area contributed by atoms with Crippen LogP contribution < -0.4 is 4.74 Å². The lowest BCUT2D eigenvalue weighted by Crippen LogP contribution is -2.43. The number of fused-ring (bicyclic) bond motifs is 5. The first kappa shape index (κ1) is 13.6. The summed E-state index contributed by atoms with van der Waals surface area (Å²) in [5, 5.41) is 10.4. The Morgan fingerprint density at radius 2 is 2.05 bits per heavy atom. The van der Waals surface area contributed by atoms with Gasteiger partial charge in [0, 0.05) is 0 Å². The van der Waals surface area contributed by atoms with Crippen LogP contribution in [0.25, 0.3) is 0 Å². The SMILES string of the molecule is COc1ccc2c(c1)CC[C@@H]1[C@@H]2CC[C@@]2(C)[C@@H]1CC[C@@H]2O. The summed E-state index contributed by atoms with van der Waals surface area (Å²) in [6.07, 6.45) is 7.07. The van der Waals surface area contributed by atoms with E-state index in [1.165, 1.54) is 37.7 Å². The molecule has 0 unspecified atom stereocenters. The summed E-state index contributed by atoms with van der Waals surface area (Å²) in [6.45, 7) is 2.34. The van der Waals surface area contributed by atoms with Crippen molar-refractivity contribution in [2.24, 2.45) is 17.3 Å². The van der Waals surface area contributed by atoms with Crippen LogP contribution in [0.5, 0.6) is 5.75 Å². The molecule has 0 heterocycles. The Morgan fingerprint density at radius 1 is 1.19 bits per heavy atom. The highest BCUT2D eigenvalue weighted by molar-refractivity contribution is 5.40. The van der Waals surface area contributed by atoms with E-state index in [1.807, 2.05) is 0 Å². The number of aliphatic hydroxyl groups excluding tert-OH is 1. The molecule has 5 atom stereocenters. The fraction of sp³-hybridized carbons (Fsp3) is 0.684. The lowest BCUT2D eigenvalue weighted by atomic mass is 9.55. The molecule has 0 amide bonds. The zero-order valence-corrected chi connectivity index (χ0v) is 13.1. The van der Waals surface area contributed by atoms with E-state index in [4.69, 9.17) is 4.74 Å². The molecule has 0 aromatic heterocycles. The molecule has 4 rings (SSSR count). The first-order valence-corrected chi connectivity index (χ1v) is 8.48. The Labute approximate surface area is 127 Å². The van der Waals surface area contributed by atoms with Crippen molar-refractivity contribution >= 4 is 0 Å². The predicted octanol–water partition coefficient (Wildman–Crippen LogP) is 3.91. The zero-order valence-electron chi connectivity index (χ0n) is 13.1. The molecule has 0 spiro atoms. The average molecular weight is 286 g/mol. The molecule has 1 aromatic rings. The Bertz CT molecular complexity index is 552. The van der Waals surface area contributed by atoms with E-state index in [9.17, 15) is 5.11 Å². The standard InChI is InChI=1S/C19H26O2/c1-19-10-9-15-14-6-4-13(21-2)11-12(14)3-5-16(15)17(19)7-8-18(19)20/h4,6,11,15-18,20H,3,5,7-10H2,1-2H3/t15-,16-,17-,18+,19+/m1/s1. The number of aliphatic hydroxyl groups is 1. The van der Waals surface area contributed by atoms with Crippen LogP contribution in [0.3, 0.4) is 0 Å². The van der Waals surface area contributed by atoms with Gasteiger partial charge in [-0.25, -0.2) is 0 Å². The zero-order chi connectivity index (χ0) is 14.6. The van der Waals surface area contributed by atoms with Crippen LogP contribution in [-0.2, 0) is 6.42 Å². The molecule has 21 heavy (non-hydrogen) atoms. The molecule has 0 radical (unpaired) electrons. The summed E-state index contributed by atoms with van der Waals surface area (Å²) in [5.41, 5.74) is 3.25. The predicted molar refractivity (Wildman–Crippen MR) is 83.6 cm³/mol. The van der Waals surface area contributed by atoms with Gasteiger partial charge in [-0.1, -0.05) is 13.0 Å². The van der Waals surface area contributed by atoms with Gasteiger partial charge < -0.3 is 9.84 Å². The number of benzene rings is 1. The van der Waals surface area contributed by atoms with Crippen molar-refractivity contribution in [1.29, 1.82) is 0 Å². The minimum Gasteiger partial charge on any atom is -0.497 e. The fourth-order valence-electron chi connectivity index (χ4n) is 5.66. The monoisotopic (exact) mass is 286 g/mol. The van der Waals surface area contributed by atoms with Gasteiger partial charge in [0.25, 0.3) is 0 Å². The van der Waals surface area contributed by atoms with Gasteiger partial charge in [-0.3, -0.25) is 0 Å². The van der Waals surface area contributed by atoms with Crippen molar-refractivity contribution in [3.63, 3.8) is 0 Å². The molecule has 2 fully saturated rings. The van der Waals surface area contributed by atoms with E-state index < -0.39 is 0 Å². The molecule has 0 aliphatic heterocycles. The first-order chi connectivity index (χ1) is 10.1. The van der Waals surface area contributed by atoms with Crippen LogP contribution in [0.4, 0.5) is 0 Å². The van der Waals surface area contributed by atoms with Crippen molar-refractivity contribution in [3.8, 4) is 5.75 Å². The minimum absolute atomic E-state index is 0.0688. The van der Waals surface area contributed by atoms with Crippen LogP contribution in [0, 0.1) is 17.3 Å². The lowest BCUT2D eigenvalue weighted by molar-refractivity contribution is -0.0226. The van der Waals surface area contributed by atoms with Crippen molar-refractivity contribution < 1.29 is 9.84 Å². The number of hydrogen-bond donors (Lipinski definition) is 1. The normalized spacial score (nSPS) is 41.1. The van der Waals surface area contributed by atoms with Gasteiger partial charge in [0.1, 0.15) is 5.75 Å². The maximum Gasteiger partial charge on any atom is 0.119 e. The van der Waals surface area contributed by atoms with Crippen molar-refractivity contribution in [2.45, 2.75) is 57.5 Å². The molecule has 1 aromatic carbocycles. The molecular formula is C19H26O2. The Hall–Kier alpha value is -1.02. The molecule has 0 bridgehead atoms. The fourth-order valence-corrected chi connectivity index (χ4v) is 5.66. The Balaban J connectivity index is 1.68. The van der Waals surface area contributed by atoms with Crippen molar-refractivity contribution in [1.82, 2.24) is 0 Å². The molecule has 3 aliphatic rings. The van der Waals surface area contributed by atoms with Gasteiger partial charge in [-0.05, 0) is 85.0 Å². The molecule has 2 saturated carbocycles. The van der Waals surface area contributed by atoms with Crippen LogP contribution in [-0.4, -0.2) is 18.3 Å². The van der Waals surface area contributed by atoms with E-state index >= 15 is 0 Å². The summed E-state index contributed by atoms with van der Waals surface area (Å²) in [4.78, 5) is 0. The summed E-state index contributed by atoms with van der Waals surface area (Å²) in [6, 6.07) is 6.67. The molecule has 2 heteroatoms. The van der Waals surface area contributed by atoms with Crippen molar-refractivity contribution in [2.75, 3.05) is 7.11 Å². The van der Waals surface area contributed by atoms with Gasteiger partial charge >= 0.3 is 0 Å². The minimum atomic E-state index is -0.0688. The molecule has 0 saturated heterocycles. The number of aryl methyl sites for hydroxylation is 1. The number of methoxy groups -OCH3 is 1. The number of hydrogen-bond acceptors (Lipinski definition) is 2. The maximum absolute atomic E-state index is 10.4. The van der Waals surface area contributed by atoms with Gasteiger partial charge in [-0.15, -0.1) is 0 Å². The van der Waals surface area contributed by atoms with Crippen molar-refractivity contribution in [3.05, 3.63) is 29.3 Å². The molecular weight excluding hydrogens is 260 g/mol. The quantitative estimate of drug-likeness (QED) is 0.848. The highest BCUT2D eigenvalue weighted by Gasteiger charge is 2.54. The van der Waals surface area contributed by atoms with Gasteiger partial charge in [-0.2, -0.15) is 0 Å². The van der Waals surface area contributed by atoms with Crippen LogP contribution >= 0.6 is 0 Å². The highest BCUT2D eigenvalue weighted by Crippen LogP contribution is 2.60. The highest BCUT2D eigenvalue weighted by atomic mass is 16.5.